The molecular weight excluding hydrogens is 238 g/mol. The highest BCUT2D eigenvalue weighted by Crippen LogP contribution is 2.16. The van der Waals surface area contributed by atoms with E-state index in [0.29, 0.717) is 18.6 Å². The number of rotatable bonds is 4. The lowest BCUT2D eigenvalue weighted by atomic mass is 10.1. The molecule has 0 aromatic heterocycles. The average Bonchev–Trinajstić information content (AvgIpc) is 2.71. The van der Waals surface area contributed by atoms with Crippen molar-refractivity contribution < 1.29 is 23.9 Å². The van der Waals surface area contributed by atoms with Gasteiger partial charge in [-0.05, 0) is 27.2 Å². The zero-order valence-corrected chi connectivity index (χ0v) is 11.2. The van der Waals surface area contributed by atoms with Gasteiger partial charge in [-0.15, -0.1) is 0 Å². The Bertz CT molecular complexity index is 356. The van der Waals surface area contributed by atoms with Crippen molar-refractivity contribution in [2.75, 3.05) is 7.11 Å². The van der Waals surface area contributed by atoms with Crippen LogP contribution in [0.3, 0.4) is 0 Å². The molecule has 6 heteroatoms. The van der Waals surface area contributed by atoms with Gasteiger partial charge in [-0.1, -0.05) is 5.16 Å². The molecule has 18 heavy (non-hydrogen) atoms. The Kier molecular flexibility index (Phi) is 4.69. The van der Waals surface area contributed by atoms with E-state index < -0.39 is 17.7 Å². The number of oxime groups is 1. The van der Waals surface area contributed by atoms with E-state index in [1.807, 2.05) is 20.8 Å². The SMILES string of the molecule is COC(=O)C1CC(CCC(=O)OC(C)(C)C)=NO1. The summed E-state index contributed by atoms with van der Waals surface area (Å²) in [5.41, 5.74) is 0.191. The number of nitrogens with zero attached hydrogens (tertiary/aromatic N) is 1. The maximum Gasteiger partial charge on any atom is 0.350 e. The third kappa shape index (κ3) is 4.73. The number of esters is 2. The lowest BCUT2D eigenvalue weighted by Gasteiger charge is -2.19. The van der Waals surface area contributed by atoms with Crippen molar-refractivity contribution in [3.63, 3.8) is 0 Å². The van der Waals surface area contributed by atoms with Crippen molar-refractivity contribution in [1.82, 2.24) is 0 Å². The lowest BCUT2D eigenvalue weighted by molar-refractivity contribution is -0.154. The van der Waals surface area contributed by atoms with Gasteiger partial charge in [0.05, 0.1) is 19.2 Å². The average molecular weight is 257 g/mol. The summed E-state index contributed by atoms with van der Waals surface area (Å²) in [5.74, 6) is -0.738. The molecule has 0 aliphatic carbocycles. The standard InChI is InChI=1S/C12H19NO5/c1-12(2,3)17-10(14)6-5-8-7-9(18-13-8)11(15)16-4/h9H,5-7H2,1-4H3. The summed E-state index contributed by atoms with van der Waals surface area (Å²) in [6, 6.07) is 0. The molecule has 1 unspecified atom stereocenters. The zero-order valence-electron chi connectivity index (χ0n) is 11.2. The van der Waals surface area contributed by atoms with E-state index in [0.717, 1.165) is 0 Å². The van der Waals surface area contributed by atoms with Gasteiger partial charge >= 0.3 is 11.9 Å². The number of hydrogen-bond acceptors (Lipinski definition) is 6. The van der Waals surface area contributed by atoms with Gasteiger partial charge in [-0.2, -0.15) is 0 Å². The summed E-state index contributed by atoms with van der Waals surface area (Å²) < 4.78 is 9.71. The molecule has 1 heterocycles. The number of carbonyl (C=O) groups is 2. The van der Waals surface area contributed by atoms with Gasteiger partial charge in [-0.3, -0.25) is 4.79 Å². The van der Waals surface area contributed by atoms with Gasteiger partial charge in [0.2, 0.25) is 6.10 Å². The molecule has 0 saturated carbocycles. The van der Waals surface area contributed by atoms with Crippen molar-refractivity contribution in [3.8, 4) is 0 Å². The molecule has 1 aliphatic rings. The second-order valence-electron chi connectivity index (χ2n) is 5.07. The van der Waals surface area contributed by atoms with Crippen LogP contribution in [0.4, 0.5) is 0 Å². The van der Waals surface area contributed by atoms with Gasteiger partial charge < -0.3 is 14.3 Å². The fourth-order valence-corrected chi connectivity index (χ4v) is 1.47. The molecule has 0 radical (unpaired) electrons. The molecular formula is C12H19NO5. The molecule has 0 saturated heterocycles. The monoisotopic (exact) mass is 257 g/mol. The van der Waals surface area contributed by atoms with Crippen LogP contribution in [0.5, 0.6) is 0 Å². The minimum absolute atomic E-state index is 0.230. The third-order valence-corrected chi connectivity index (χ3v) is 2.23. The van der Waals surface area contributed by atoms with E-state index in [4.69, 9.17) is 9.57 Å². The normalized spacial score (nSPS) is 18.9. The maximum absolute atomic E-state index is 11.5. The van der Waals surface area contributed by atoms with E-state index in [1.54, 1.807) is 0 Å². The molecule has 0 aromatic rings. The predicted molar refractivity (Wildman–Crippen MR) is 64.0 cm³/mol. The van der Waals surface area contributed by atoms with Crippen LogP contribution in [0.25, 0.3) is 0 Å². The third-order valence-electron chi connectivity index (χ3n) is 2.23. The van der Waals surface area contributed by atoms with Crippen LogP contribution in [0.2, 0.25) is 0 Å². The molecule has 0 aromatic carbocycles. The first-order valence-electron chi connectivity index (χ1n) is 5.83. The van der Waals surface area contributed by atoms with Gasteiger partial charge in [0.25, 0.3) is 0 Å². The Morgan fingerprint density at radius 3 is 2.67 bits per heavy atom. The van der Waals surface area contributed by atoms with E-state index in [-0.39, 0.29) is 12.4 Å². The highest BCUT2D eigenvalue weighted by molar-refractivity contribution is 5.92. The van der Waals surface area contributed by atoms with Crippen LogP contribution in [0, 0.1) is 0 Å². The summed E-state index contributed by atoms with van der Waals surface area (Å²) in [6.07, 6.45) is 0.356. The number of carbonyl (C=O) groups excluding carboxylic acids is 2. The quantitative estimate of drug-likeness (QED) is 0.712. The Balaban J connectivity index is 2.30. The summed E-state index contributed by atoms with van der Waals surface area (Å²) in [6.45, 7) is 5.44. The van der Waals surface area contributed by atoms with Crippen LogP contribution in [0.1, 0.15) is 40.0 Å². The Morgan fingerprint density at radius 1 is 1.44 bits per heavy atom. The van der Waals surface area contributed by atoms with E-state index in [1.165, 1.54) is 7.11 Å². The summed E-state index contributed by atoms with van der Waals surface area (Å²) in [4.78, 5) is 27.6. The van der Waals surface area contributed by atoms with Crippen molar-refractivity contribution in [1.29, 1.82) is 0 Å². The second kappa shape index (κ2) is 5.84. The van der Waals surface area contributed by atoms with E-state index >= 15 is 0 Å². The van der Waals surface area contributed by atoms with Crippen LogP contribution in [-0.4, -0.2) is 36.5 Å². The van der Waals surface area contributed by atoms with E-state index in [9.17, 15) is 9.59 Å². The summed E-state index contributed by atoms with van der Waals surface area (Å²) in [7, 11) is 1.30. The maximum atomic E-state index is 11.5. The van der Waals surface area contributed by atoms with Gasteiger partial charge in [-0.25, -0.2) is 4.79 Å². The van der Waals surface area contributed by atoms with Crippen molar-refractivity contribution in [2.45, 2.75) is 51.7 Å². The molecule has 0 N–H and O–H groups in total. The molecule has 0 spiro atoms. The summed E-state index contributed by atoms with van der Waals surface area (Å²) >= 11 is 0. The Hall–Kier alpha value is -1.59. The lowest BCUT2D eigenvalue weighted by Crippen LogP contribution is -2.24. The molecule has 0 bridgehead atoms. The van der Waals surface area contributed by atoms with Gasteiger partial charge in [0.15, 0.2) is 0 Å². The number of hydrogen-bond donors (Lipinski definition) is 0. The number of ether oxygens (including phenoxy) is 2. The highest BCUT2D eigenvalue weighted by atomic mass is 16.7. The van der Waals surface area contributed by atoms with Gasteiger partial charge in [0, 0.05) is 6.42 Å². The first-order valence-corrected chi connectivity index (χ1v) is 5.83. The summed E-state index contributed by atoms with van der Waals surface area (Å²) in [5, 5.41) is 3.76. The molecule has 6 nitrogen and oxygen atoms in total. The van der Waals surface area contributed by atoms with Crippen molar-refractivity contribution >= 4 is 17.7 Å². The predicted octanol–water partition coefficient (Wildman–Crippen LogP) is 1.43. The Morgan fingerprint density at radius 2 is 2.11 bits per heavy atom. The highest BCUT2D eigenvalue weighted by Gasteiger charge is 2.29. The molecule has 1 rings (SSSR count). The van der Waals surface area contributed by atoms with Gasteiger partial charge in [0.1, 0.15) is 5.60 Å². The van der Waals surface area contributed by atoms with Crippen LogP contribution in [0.15, 0.2) is 5.16 Å². The van der Waals surface area contributed by atoms with Crippen molar-refractivity contribution in [2.24, 2.45) is 5.16 Å². The molecule has 102 valence electrons. The van der Waals surface area contributed by atoms with Crippen LogP contribution in [-0.2, 0) is 23.9 Å². The van der Waals surface area contributed by atoms with Crippen LogP contribution >= 0.6 is 0 Å². The smallest absolute Gasteiger partial charge is 0.350 e. The van der Waals surface area contributed by atoms with E-state index in [2.05, 4.69) is 9.89 Å². The first-order chi connectivity index (χ1) is 8.31. The van der Waals surface area contributed by atoms with Crippen LogP contribution < -0.4 is 0 Å². The fourth-order valence-electron chi connectivity index (χ4n) is 1.47. The topological polar surface area (TPSA) is 74.2 Å². The minimum Gasteiger partial charge on any atom is -0.466 e. The first kappa shape index (κ1) is 14.5. The molecule has 0 fully saturated rings. The molecule has 1 atom stereocenters. The molecule has 1 aliphatic heterocycles. The Labute approximate surface area is 106 Å². The fraction of sp³-hybridized carbons (Fsp3) is 0.750. The minimum atomic E-state index is -0.677. The largest absolute Gasteiger partial charge is 0.466 e. The second-order valence-corrected chi connectivity index (χ2v) is 5.07. The molecule has 0 amide bonds. The zero-order chi connectivity index (χ0) is 13.8. The number of methoxy groups -OCH3 is 1. The van der Waals surface area contributed by atoms with Crippen molar-refractivity contribution in [3.05, 3.63) is 0 Å².